The second-order valence-corrected chi connectivity index (χ2v) is 5.53. The van der Waals surface area contributed by atoms with Gasteiger partial charge in [0.05, 0.1) is 13.2 Å². The van der Waals surface area contributed by atoms with Crippen LogP contribution in [0.25, 0.3) is 0 Å². The summed E-state index contributed by atoms with van der Waals surface area (Å²) in [6, 6.07) is 0. The van der Waals surface area contributed by atoms with E-state index in [1.165, 1.54) is 0 Å². The van der Waals surface area contributed by atoms with Crippen LogP contribution in [-0.4, -0.2) is 50.3 Å². The Morgan fingerprint density at radius 3 is 1.15 bits per heavy atom. The van der Waals surface area contributed by atoms with Crippen molar-refractivity contribution < 1.29 is 38.1 Å². The van der Waals surface area contributed by atoms with Crippen LogP contribution in [0.4, 0.5) is 0 Å². The highest BCUT2D eigenvalue weighted by atomic mass is 16.6. The standard InChI is InChI=1S/C11H16O4.C8H10O4/c1-5-9(12)14-7-11(3,4)8-15-10(13)6-2;1-3-7(9)11-5-6-12-8(10)4-2/h5-6H,1-2,7-8H2,3-4H3;3-4H,1-2,5-6H2. The lowest BCUT2D eigenvalue weighted by Crippen LogP contribution is -2.27. The van der Waals surface area contributed by atoms with E-state index in [0.717, 1.165) is 24.3 Å². The van der Waals surface area contributed by atoms with Crippen molar-refractivity contribution >= 4 is 23.9 Å². The first-order valence-corrected chi connectivity index (χ1v) is 7.78. The first-order chi connectivity index (χ1) is 12.6. The van der Waals surface area contributed by atoms with Crippen LogP contribution in [0, 0.1) is 5.41 Å². The van der Waals surface area contributed by atoms with Gasteiger partial charge in [-0.1, -0.05) is 40.2 Å². The van der Waals surface area contributed by atoms with E-state index >= 15 is 0 Å². The fraction of sp³-hybridized carbons (Fsp3) is 0.368. The zero-order chi connectivity index (χ0) is 21.3. The van der Waals surface area contributed by atoms with Gasteiger partial charge in [-0.25, -0.2) is 19.2 Å². The summed E-state index contributed by atoms with van der Waals surface area (Å²) in [4.78, 5) is 42.4. The minimum absolute atomic E-state index is 0.0322. The number of esters is 4. The quantitative estimate of drug-likeness (QED) is 0.231. The van der Waals surface area contributed by atoms with Crippen molar-refractivity contribution in [3.05, 3.63) is 50.6 Å². The van der Waals surface area contributed by atoms with Gasteiger partial charge in [0.1, 0.15) is 13.2 Å². The van der Waals surface area contributed by atoms with Crippen molar-refractivity contribution in [2.75, 3.05) is 26.4 Å². The highest BCUT2D eigenvalue weighted by molar-refractivity contribution is 5.82. The highest BCUT2D eigenvalue weighted by Gasteiger charge is 2.21. The Hall–Kier alpha value is -3.16. The maximum absolute atomic E-state index is 10.8. The number of carbonyl (C=O) groups is 4. The van der Waals surface area contributed by atoms with Gasteiger partial charge in [0.15, 0.2) is 0 Å². The molecule has 0 aromatic heterocycles. The molecule has 0 amide bonds. The normalized spacial score (nSPS) is 9.41. The van der Waals surface area contributed by atoms with Crippen molar-refractivity contribution in [2.24, 2.45) is 5.41 Å². The monoisotopic (exact) mass is 382 g/mol. The number of hydrogen-bond donors (Lipinski definition) is 0. The van der Waals surface area contributed by atoms with E-state index < -0.39 is 29.3 Å². The summed E-state index contributed by atoms with van der Waals surface area (Å²) in [5.74, 6) is -2.05. The number of ether oxygens (including phenoxy) is 4. The van der Waals surface area contributed by atoms with Crippen molar-refractivity contribution in [1.82, 2.24) is 0 Å². The predicted molar refractivity (Wildman–Crippen MR) is 98.4 cm³/mol. The van der Waals surface area contributed by atoms with Crippen LogP contribution in [0.2, 0.25) is 0 Å². The highest BCUT2D eigenvalue weighted by Crippen LogP contribution is 2.16. The second-order valence-electron chi connectivity index (χ2n) is 5.53. The molecule has 0 N–H and O–H groups in total. The van der Waals surface area contributed by atoms with Gasteiger partial charge < -0.3 is 18.9 Å². The summed E-state index contributed by atoms with van der Waals surface area (Å²) in [6.45, 7) is 17.0. The molecular formula is C19H26O8. The van der Waals surface area contributed by atoms with Crippen LogP contribution in [0.5, 0.6) is 0 Å². The van der Waals surface area contributed by atoms with Gasteiger partial charge in [0, 0.05) is 29.7 Å². The van der Waals surface area contributed by atoms with Crippen LogP contribution in [0.3, 0.4) is 0 Å². The average Bonchev–Trinajstić information content (AvgIpc) is 2.67. The zero-order valence-corrected chi connectivity index (χ0v) is 15.7. The summed E-state index contributed by atoms with van der Waals surface area (Å²) in [5, 5.41) is 0. The summed E-state index contributed by atoms with van der Waals surface area (Å²) >= 11 is 0. The van der Waals surface area contributed by atoms with Crippen molar-refractivity contribution in [3.8, 4) is 0 Å². The second kappa shape index (κ2) is 15.1. The molecule has 0 saturated heterocycles. The van der Waals surface area contributed by atoms with Gasteiger partial charge in [-0.15, -0.1) is 0 Å². The van der Waals surface area contributed by atoms with E-state index in [-0.39, 0.29) is 26.4 Å². The SMILES string of the molecule is C=CC(=O)OCC(C)(C)COC(=O)C=C.C=CC(=O)OCCOC(=O)C=C. The molecule has 0 fully saturated rings. The average molecular weight is 382 g/mol. The molecule has 0 heterocycles. The van der Waals surface area contributed by atoms with E-state index in [0.29, 0.717) is 0 Å². The predicted octanol–water partition coefficient (Wildman–Crippen LogP) is 1.92. The fourth-order valence-corrected chi connectivity index (χ4v) is 1.09. The third-order valence-corrected chi connectivity index (χ3v) is 2.45. The Labute approximate surface area is 159 Å². The van der Waals surface area contributed by atoms with Crippen molar-refractivity contribution in [2.45, 2.75) is 13.8 Å². The van der Waals surface area contributed by atoms with Crippen LogP contribution < -0.4 is 0 Å². The van der Waals surface area contributed by atoms with E-state index in [1.807, 2.05) is 13.8 Å². The van der Waals surface area contributed by atoms with Gasteiger partial charge in [0.25, 0.3) is 0 Å². The minimum atomic E-state index is -0.537. The van der Waals surface area contributed by atoms with Gasteiger partial charge in [-0.2, -0.15) is 0 Å². The lowest BCUT2D eigenvalue weighted by atomic mass is 9.96. The third kappa shape index (κ3) is 17.5. The third-order valence-electron chi connectivity index (χ3n) is 2.45. The van der Waals surface area contributed by atoms with Gasteiger partial charge in [-0.05, 0) is 0 Å². The maximum Gasteiger partial charge on any atom is 0.330 e. The Balaban J connectivity index is 0. The molecule has 0 rings (SSSR count). The molecule has 0 saturated carbocycles. The van der Waals surface area contributed by atoms with Crippen LogP contribution in [-0.2, 0) is 38.1 Å². The van der Waals surface area contributed by atoms with Gasteiger partial charge in [0.2, 0.25) is 0 Å². The number of hydrogen-bond acceptors (Lipinski definition) is 8. The topological polar surface area (TPSA) is 105 Å². The Morgan fingerprint density at radius 2 is 0.889 bits per heavy atom. The lowest BCUT2D eigenvalue weighted by molar-refractivity contribution is -0.146. The first-order valence-electron chi connectivity index (χ1n) is 7.78. The molecule has 0 aliphatic carbocycles. The molecule has 0 radical (unpaired) electrons. The molecule has 0 spiro atoms. The van der Waals surface area contributed by atoms with E-state index in [2.05, 4.69) is 35.8 Å². The first kappa shape index (κ1) is 26.1. The molecule has 27 heavy (non-hydrogen) atoms. The molecule has 8 heteroatoms. The smallest absolute Gasteiger partial charge is 0.330 e. The van der Waals surface area contributed by atoms with E-state index in [1.54, 1.807) is 0 Å². The Morgan fingerprint density at radius 1 is 0.630 bits per heavy atom. The summed E-state index contributed by atoms with van der Waals surface area (Å²) in [6.07, 6.45) is 4.25. The summed E-state index contributed by atoms with van der Waals surface area (Å²) in [7, 11) is 0. The van der Waals surface area contributed by atoms with Crippen LogP contribution in [0.15, 0.2) is 50.6 Å². The molecule has 0 aliphatic heterocycles. The molecule has 150 valence electrons. The van der Waals surface area contributed by atoms with E-state index in [4.69, 9.17) is 9.47 Å². The molecule has 8 nitrogen and oxygen atoms in total. The fourth-order valence-electron chi connectivity index (χ4n) is 1.09. The largest absolute Gasteiger partial charge is 0.462 e. The summed E-state index contributed by atoms with van der Waals surface area (Å²) < 4.78 is 18.7. The summed E-state index contributed by atoms with van der Waals surface area (Å²) in [5.41, 5.74) is -0.419. The molecule has 0 aromatic carbocycles. The maximum atomic E-state index is 10.8. The molecular weight excluding hydrogens is 356 g/mol. The molecule has 0 unspecified atom stereocenters. The Kier molecular flexibility index (Phi) is 14.6. The van der Waals surface area contributed by atoms with Crippen LogP contribution in [0.1, 0.15) is 13.8 Å². The lowest BCUT2D eigenvalue weighted by Gasteiger charge is -2.22. The number of carbonyl (C=O) groups excluding carboxylic acids is 4. The molecule has 0 aliphatic rings. The van der Waals surface area contributed by atoms with Crippen LogP contribution >= 0.6 is 0 Å². The molecule has 0 aromatic rings. The van der Waals surface area contributed by atoms with Gasteiger partial charge >= 0.3 is 23.9 Å². The van der Waals surface area contributed by atoms with E-state index in [9.17, 15) is 19.2 Å². The zero-order valence-electron chi connectivity index (χ0n) is 15.7. The molecule has 0 atom stereocenters. The number of rotatable bonds is 11. The van der Waals surface area contributed by atoms with Crippen molar-refractivity contribution in [1.29, 1.82) is 0 Å². The minimum Gasteiger partial charge on any atom is -0.462 e. The Bertz CT molecular complexity index is 512. The molecule has 0 bridgehead atoms. The van der Waals surface area contributed by atoms with Crippen molar-refractivity contribution in [3.63, 3.8) is 0 Å². The van der Waals surface area contributed by atoms with Gasteiger partial charge in [-0.3, -0.25) is 0 Å².